The third-order valence-corrected chi connectivity index (χ3v) is 4.04. The van der Waals surface area contributed by atoms with Gasteiger partial charge in [-0.3, -0.25) is 0 Å². The Morgan fingerprint density at radius 3 is 2.29 bits per heavy atom. The van der Waals surface area contributed by atoms with Crippen LogP contribution in [0.15, 0.2) is 42.5 Å². The van der Waals surface area contributed by atoms with Gasteiger partial charge in [0.2, 0.25) is 0 Å². The first-order valence-corrected chi connectivity index (χ1v) is 8.17. The number of nitrogens with one attached hydrogen (secondary N) is 2. The number of amides is 2. The van der Waals surface area contributed by atoms with E-state index < -0.39 is 11.8 Å². The summed E-state index contributed by atoms with van der Waals surface area (Å²) in [4.78, 5) is 12.0. The standard InChI is InChI=1S/C19H22ClFN2O/c1-12(13-5-7-14(8-6-13)19(2,3)4)22-18(24)23-17-10-9-15(20)11-16(17)21/h5-12H,1-4H3,(H2,22,23,24)/t12-/m0/s1. The van der Waals surface area contributed by atoms with E-state index in [-0.39, 0.29) is 22.2 Å². The molecule has 0 aliphatic carbocycles. The summed E-state index contributed by atoms with van der Waals surface area (Å²) in [5, 5.41) is 5.57. The van der Waals surface area contributed by atoms with Gasteiger partial charge in [0, 0.05) is 5.02 Å². The second-order valence-electron chi connectivity index (χ2n) is 6.82. The minimum absolute atomic E-state index is 0.0820. The van der Waals surface area contributed by atoms with E-state index in [1.807, 2.05) is 19.1 Å². The van der Waals surface area contributed by atoms with Crippen LogP contribution in [0.3, 0.4) is 0 Å². The van der Waals surface area contributed by atoms with Crippen molar-refractivity contribution in [1.82, 2.24) is 5.32 Å². The first kappa shape index (κ1) is 18.3. The fraction of sp³-hybridized carbons (Fsp3) is 0.316. The van der Waals surface area contributed by atoms with Crippen molar-refractivity contribution in [3.05, 3.63) is 64.4 Å². The molecule has 0 spiro atoms. The van der Waals surface area contributed by atoms with Crippen molar-refractivity contribution in [2.24, 2.45) is 0 Å². The smallest absolute Gasteiger partial charge is 0.319 e. The first-order valence-electron chi connectivity index (χ1n) is 7.80. The van der Waals surface area contributed by atoms with E-state index in [4.69, 9.17) is 11.6 Å². The molecule has 0 bridgehead atoms. The fourth-order valence-corrected chi connectivity index (χ4v) is 2.46. The van der Waals surface area contributed by atoms with Gasteiger partial charge in [-0.1, -0.05) is 56.6 Å². The topological polar surface area (TPSA) is 41.1 Å². The molecule has 2 aromatic rings. The number of hydrogen-bond acceptors (Lipinski definition) is 1. The summed E-state index contributed by atoms with van der Waals surface area (Å²) in [6.45, 7) is 8.33. The van der Waals surface area contributed by atoms with Gasteiger partial charge in [0.05, 0.1) is 11.7 Å². The second kappa shape index (κ2) is 7.22. The number of halogens is 2. The average Bonchev–Trinajstić information content (AvgIpc) is 2.49. The monoisotopic (exact) mass is 348 g/mol. The SMILES string of the molecule is C[C@H](NC(=O)Nc1ccc(Cl)cc1F)c1ccc(C(C)(C)C)cc1. The number of carbonyl (C=O) groups excluding carboxylic acids is 1. The number of anilines is 1. The van der Waals surface area contributed by atoms with Crippen molar-refractivity contribution < 1.29 is 9.18 Å². The lowest BCUT2D eigenvalue weighted by atomic mass is 9.86. The third-order valence-electron chi connectivity index (χ3n) is 3.80. The molecular weight excluding hydrogens is 327 g/mol. The van der Waals surface area contributed by atoms with E-state index >= 15 is 0 Å². The van der Waals surface area contributed by atoms with E-state index in [1.54, 1.807) is 0 Å². The Kier molecular flexibility index (Phi) is 5.50. The first-order chi connectivity index (χ1) is 11.2. The molecule has 2 aromatic carbocycles. The maximum atomic E-state index is 13.7. The molecule has 2 rings (SSSR count). The van der Waals surface area contributed by atoms with Crippen molar-refractivity contribution in [2.45, 2.75) is 39.2 Å². The van der Waals surface area contributed by atoms with E-state index in [0.717, 1.165) is 11.6 Å². The Morgan fingerprint density at radius 1 is 1.12 bits per heavy atom. The number of benzene rings is 2. The lowest BCUT2D eigenvalue weighted by Gasteiger charge is -2.21. The Hall–Kier alpha value is -2.07. The molecule has 128 valence electrons. The highest BCUT2D eigenvalue weighted by Gasteiger charge is 2.15. The summed E-state index contributed by atoms with van der Waals surface area (Å²) < 4.78 is 13.7. The fourth-order valence-electron chi connectivity index (χ4n) is 2.30. The van der Waals surface area contributed by atoms with Gasteiger partial charge in [-0.2, -0.15) is 0 Å². The van der Waals surface area contributed by atoms with Crippen LogP contribution in [0.25, 0.3) is 0 Å². The summed E-state index contributed by atoms with van der Waals surface area (Å²) >= 11 is 5.69. The van der Waals surface area contributed by atoms with Crippen LogP contribution in [0, 0.1) is 5.82 Å². The van der Waals surface area contributed by atoms with Crippen LogP contribution >= 0.6 is 11.6 Å². The average molecular weight is 349 g/mol. The van der Waals surface area contributed by atoms with E-state index in [9.17, 15) is 9.18 Å². The van der Waals surface area contributed by atoms with Gasteiger partial charge in [-0.25, -0.2) is 9.18 Å². The molecule has 0 radical (unpaired) electrons. The van der Waals surface area contributed by atoms with Crippen LogP contribution in [0.5, 0.6) is 0 Å². The van der Waals surface area contributed by atoms with Crippen molar-refractivity contribution >= 4 is 23.3 Å². The molecule has 0 aromatic heterocycles. The number of carbonyl (C=O) groups is 1. The highest BCUT2D eigenvalue weighted by atomic mass is 35.5. The molecule has 0 heterocycles. The van der Waals surface area contributed by atoms with Crippen LogP contribution in [-0.4, -0.2) is 6.03 Å². The minimum atomic E-state index is -0.570. The molecular formula is C19H22ClFN2O. The van der Waals surface area contributed by atoms with E-state index in [1.165, 1.54) is 17.7 Å². The van der Waals surface area contributed by atoms with Gasteiger partial charge in [-0.05, 0) is 41.7 Å². The lowest BCUT2D eigenvalue weighted by Crippen LogP contribution is -2.31. The van der Waals surface area contributed by atoms with Crippen LogP contribution < -0.4 is 10.6 Å². The third kappa shape index (κ3) is 4.71. The largest absolute Gasteiger partial charge is 0.331 e. The quantitative estimate of drug-likeness (QED) is 0.738. The number of rotatable bonds is 3. The molecule has 0 saturated heterocycles. The predicted molar refractivity (Wildman–Crippen MR) is 97.1 cm³/mol. The summed E-state index contributed by atoms with van der Waals surface area (Å²) in [6.07, 6.45) is 0. The van der Waals surface area contributed by atoms with Crippen LogP contribution in [0.2, 0.25) is 5.02 Å². The van der Waals surface area contributed by atoms with E-state index in [0.29, 0.717) is 0 Å². The Morgan fingerprint density at radius 2 is 1.75 bits per heavy atom. The zero-order chi connectivity index (χ0) is 17.9. The minimum Gasteiger partial charge on any atom is -0.331 e. The van der Waals surface area contributed by atoms with Crippen molar-refractivity contribution in [3.63, 3.8) is 0 Å². The molecule has 0 aliphatic heterocycles. The Balaban J connectivity index is 2.01. The maximum absolute atomic E-state index is 13.7. The highest BCUT2D eigenvalue weighted by molar-refractivity contribution is 6.30. The zero-order valence-corrected chi connectivity index (χ0v) is 15.0. The number of urea groups is 1. The second-order valence-corrected chi connectivity index (χ2v) is 7.25. The Bertz CT molecular complexity index is 723. The molecule has 5 heteroatoms. The molecule has 1 atom stereocenters. The van der Waals surface area contributed by atoms with Crippen molar-refractivity contribution in [2.75, 3.05) is 5.32 Å². The van der Waals surface area contributed by atoms with Gasteiger partial charge >= 0.3 is 6.03 Å². The van der Waals surface area contributed by atoms with Crippen LogP contribution in [0.4, 0.5) is 14.9 Å². The summed E-state index contributed by atoms with van der Waals surface area (Å²) in [5.41, 5.74) is 2.38. The van der Waals surface area contributed by atoms with Gasteiger partial charge < -0.3 is 10.6 Å². The lowest BCUT2D eigenvalue weighted by molar-refractivity contribution is 0.249. The highest BCUT2D eigenvalue weighted by Crippen LogP contribution is 2.24. The number of hydrogen-bond donors (Lipinski definition) is 2. The normalized spacial score (nSPS) is 12.6. The van der Waals surface area contributed by atoms with Crippen molar-refractivity contribution in [3.8, 4) is 0 Å². The summed E-state index contributed by atoms with van der Waals surface area (Å²) in [5.74, 6) is -0.570. The molecule has 0 saturated carbocycles. The van der Waals surface area contributed by atoms with Gasteiger partial charge in [0.1, 0.15) is 5.82 Å². The summed E-state index contributed by atoms with van der Waals surface area (Å²) in [7, 11) is 0. The molecule has 0 fully saturated rings. The Labute approximate surface area is 147 Å². The molecule has 2 N–H and O–H groups in total. The van der Waals surface area contributed by atoms with Gasteiger partial charge in [-0.15, -0.1) is 0 Å². The predicted octanol–water partition coefficient (Wildman–Crippen LogP) is 5.66. The van der Waals surface area contributed by atoms with Gasteiger partial charge in [0.25, 0.3) is 0 Å². The van der Waals surface area contributed by atoms with Crippen LogP contribution in [-0.2, 0) is 5.41 Å². The molecule has 3 nitrogen and oxygen atoms in total. The van der Waals surface area contributed by atoms with Gasteiger partial charge in [0.15, 0.2) is 0 Å². The molecule has 24 heavy (non-hydrogen) atoms. The van der Waals surface area contributed by atoms with E-state index in [2.05, 4.69) is 43.5 Å². The zero-order valence-electron chi connectivity index (χ0n) is 14.3. The maximum Gasteiger partial charge on any atom is 0.319 e. The molecule has 0 aliphatic rings. The van der Waals surface area contributed by atoms with Crippen LogP contribution in [0.1, 0.15) is 44.9 Å². The molecule has 0 unspecified atom stereocenters. The summed E-state index contributed by atoms with van der Waals surface area (Å²) in [6, 6.07) is 11.6. The van der Waals surface area contributed by atoms with Crippen molar-refractivity contribution in [1.29, 1.82) is 0 Å². The molecule has 2 amide bonds.